The Labute approximate surface area is 171 Å². The van der Waals surface area contributed by atoms with E-state index in [0.29, 0.717) is 25.4 Å². The van der Waals surface area contributed by atoms with E-state index in [2.05, 4.69) is 25.1 Å². The molecule has 152 valence electrons. The Kier molecular flexibility index (Phi) is 5.55. The Morgan fingerprint density at radius 3 is 2.69 bits per heavy atom. The van der Waals surface area contributed by atoms with Crippen molar-refractivity contribution in [3.63, 3.8) is 0 Å². The summed E-state index contributed by atoms with van der Waals surface area (Å²) < 4.78 is 11.1. The molecule has 0 aliphatic heterocycles. The summed E-state index contributed by atoms with van der Waals surface area (Å²) in [4.78, 5) is 25.1. The van der Waals surface area contributed by atoms with Gasteiger partial charge in [-0.1, -0.05) is 25.1 Å². The van der Waals surface area contributed by atoms with Crippen LogP contribution in [0.1, 0.15) is 56.6 Å². The summed E-state index contributed by atoms with van der Waals surface area (Å²) in [5, 5.41) is 3.18. The van der Waals surface area contributed by atoms with Crippen molar-refractivity contribution in [3.8, 4) is 0 Å². The number of Topliss-reactive ketones (excluding diaryl/α,β-unsaturated/α-hetero) is 2. The first-order valence-electron chi connectivity index (χ1n) is 10.4. The molecule has 1 fully saturated rings. The van der Waals surface area contributed by atoms with Gasteiger partial charge in [0, 0.05) is 36.3 Å². The van der Waals surface area contributed by atoms with Crippen molar-refractivity contribution < 1.29 is 18.7 Å². The van der Waals surface area contributed by atoms with Gasteiger partial charge in [0.2, 0.25) is 0 Å². The molecular formula is C25H28O4. The van der Waals surface area contributed by atoms with Gasteiger partial charge >= 0.3 is 0 Å². The van der Waals surface area contributed by atoms with Crippen molar-refractivity contribution in [1.29, 1.82) is 0 Å². The smallest absolute Gasteiger partial charge is 0.143 e. The fourth-order valence-electron chi connectivity index (χ4n) is 4.60. The van der Waals surface area contributed by atoms with Gasteiger partial charge in [0.1, 0.15) is 17.1 Å². The normalized spacial score (nSPS) is 20.0. The van der Waals surface area contributed by atoms with Gasteiger partial charge in [0.05, 0.1) is 12.9 Å². The fourth-order valence-corrected chi connectivity index (χ4v) is 4.60. The summed E-state index contributed by atoms with van der Waals surface area (Å²) >= 11 is 0. The zero-order valence-corrected chi connectivity index (χ0v) is 17.4. The van der Waals surface area contributed by atoms with E-state index in [9.17, 15) is 9.59 Å². The molecule has 3 aromatic rings. The molecule has 1 aliphatic carbocycles. The van der Waals surface area contributed by atoms with Crippen molar-refractivity contribution in [3.05, 3.63) is 47.7 Å². The van der Waals surface area contributed by atoms with Crippen LogP contribution in [0.15, 0.2) is 41.0 Å². The zero-order chi connectivity index (χ0) is 20.5. The van der Waals surface area contributed by atoms with Gasteiger partial charge in [-0.25, -0.2) is 0 Å². The van der Waals surface area contributed by atoms with Crippen molar-refractivity contribution in [1.82, 2.24) is 0 Å². The Morgan fingerprint density at radius 2 is 2.03 bits per heavy atom. The summed E-state index contributed by atoms with van der Waals surface area (Å²) in [6.07, 6.45) is 4.75. The summed E-state index contributed by atoms with van der Waals surface area (Å²) in [6.45, 7) is 4.30. The highest BCUT2D eigenvalue weighted by atomic mass is 16.5. The van der Waals surface area contributed by atoms with E-state index in [1.165, 1.54) is 0 Å². The van der Waals surface area contributed by atoms with Gasteiger partial charge in [0.15, 0.2) is 0 Å². The van der Waals surface area contributed by atoms with Crippen LogP contribution in [0.3, 0.4) is 0 Å². The first kappa shape index (κ1) is 19.8. The van der Waals surface area contributed by atoms with Gasteiger partial charge < -0.3 is 13.9 Å². The van der Waals surface area contributed by atoms with E-state index < -0.39 is 0 Å². The largest absolute Gasteiger partial charge is 0.464 e. The number of rotatable bonds is 8. The maximum atomic E-state index is 13.4. The average molecular weight is 392 g/mol. The van der Waals surface area contributed by atoms with Crippen molar-refractivity contribution in [2.45, 2.75) is 52.1 Å². The SMILES string of the molecule is COCc1ccc2c(ccc3occ(C(CCC(C)=O)C(=O)C4CCC4C)c32)c1. The average Bonchev–Trinajstić information content (AvgIpc) is 3.11. The number of methoxy groups -OCH3 is 1. The van der Waals surface area contributed by atoms with Gasteiger partial charge in [-0.05, 0) is 60.6 Å². The van der Waals surface area contributed by atoms with Gasteiger partial charge in [-0.3, -0.25) is 4.79 Å². The number of fused-ring (bicyclic) bond motifs is 3. The number of ketones is 2. The molecule has 1 aliphatic rings. The molecule has 3 unspecified atom stereocenters. The monoisotopic (exact) mass is 392 g/mol. The molecule has 0 amide bonds. The van der Waals surface area contributed by atoms with Crippen LogP contribution >= 0.6 is 0 Å². The second kappa shape index (κ2) is 8.11. The third kappa shape index (κ3) is 3.74. The highest BCUT2D eigenvalue weighted by molar-refractivity contribution is 6.09. The van der Waals surface area contributed by atoms with E-state index in [1.807, 2.05) is 12.1 Å². The number of benzene rings is 2. The second-order valence-corrected chi connectivity index (χ2v) is 8.48. The van der Waals surface area contributed by atoms with E-state index in [0.717, 1.165) is 45.7 Å². The molecule has 0 N–H and O–H groups in total. The predicted molar refractivity (Wildman–Crippen MR) is 114 cm³/mol. The van der Waals surface area contributed by atoms with E-state index in [1.54, 1.807) is 20.3 Å². The predicted octanol–water partition coefficient (Wildman–Crippen LogP) is 5.80. The third-order valence-electron chi connectivity index (χ3n) is 6.45. The number of ether oxygens (including phenoxy) is 1. The first-order chi connectivity index (χ1) is 14.0. The molecular weight excluding hydrogens is 364 g/mol. The molecule has 1 saturated carbocycles. The molecule has 29 heavy (non-hydrogen) atoms. The molecule has 0 bridgehead atoms. The molecule has 3 atom stereocenters. The Hall–Kier alpha value is -2.46. The van der Waals surface area contributed by atoms with Crippen molar-refractivity contribution >= 4 is 33.3 Å². The molecule has 0 radical (unpaired) electrons. The molecule has 1 heterocycles. The number of hydrogen-bond acceptors (Lipinski definition) is 4. The highest BCUT2D eigenvalue weighted by Gasteiger charge is 2.38. The van der Waals surface area contributed by atoms with Gasteiger partial charge in [-0.2, -0.15) is 0 Å². The first-order valence-corrected chi connectivity index (χ1v) is 10.4. The second-order valence-electron chi connectivity index (χ2n) is 8.48. The third-order valence-corrected chi connectivity index (χ3v) is 6.45. The molecule has 4 heteroatoms. The van der Waals surface area contributed by atoms with Crippen LogP contribution in [0.2, 0.25) is 0 Å². The standard InChI is InChI=1S/C25H28O4/c1-15-4-8-19(15)25(27)21(9-5-16(2)26)22-14-29-23-11-7-18-12-17(13-28-3)6-10-20(18)24(22)23/h6-7,10-12,14-15,19,21H,4-5,8-9,13H2,1-3H3. The van der Waals surface area contributed by atoms with Crippen molar-refractivity contribution in [2.24, 2.45) is 11.8 Å². The lowest BCUT2D eigenvalue weighted by atomic mass is 9.68. The lowest BCUT2D eigenvalue weighted by molar-refractivity contribution is -0.129. The van der Waals surface area contributed by atoms with Crippen molar-refractivity contribution in [2.75, 3.05) is 7.11 Å². The van der Waals surface area contributed by atoms with E-state index >= 15 is 0 Å². The summed E-state index contributed by atoms with van der Waals surface area (Å²) in [5.74, 6) is 0.609. The number of furan rings is 1. The van der Waals surface area contributed by atoms with Crippen LogP contribution in [0.4, 0.5) is 0 Å². The topological polar surface area (TPSA) is 56.5 Å². The van der Waals surface area contributed by atoms with Crippen LogP contribution in [0.5, 0.6) is 0 Å². The molecule has 0 saturated heterocycles. The maximum absolute atomic E-state index is 13.4. The van der Waals surface area contributed by atoms with Gasteiger partial charge in [0.25, 0.3) is 0 Å². The number of hydrogen-bond donors (Lipinski definition) is 0. The minimum absolute atomic E-state index is 0.0974. The molecule has 4 rings (SSSR count). The van der Waals surface area contributed by atoms with E-state index in [-0.39, 0.29) is 23.4 Å². The molecule has 2 aromatic carbocycles. The summed E-state index contributed by atoms with van der Waals surface area (Å²) in [6, 6.07) is 10.3. The highest BCUT2D eigenvalue weighted by Crippen LogP contribution is 2.42. The summed E-state index contributed by atoms with van der Waals surface area (Å²) in [7, 11) is 1.69. The van der Waals surface area contributed by atoms with Crippen LogP contribution < -0.4 is 0 Å². The Balaban J connectivity index is 1.81. The summed E-state index contributed by atoms with van der Waals surface area (Å²) in [5.41, 5.74) is 2.82. The Bertz CT molecular complexity index is 1060. The molecule has 0 spiro atoms. The minimum Gasteiger partial charge on any atom is -0.464 e. The lowest BCUT2D eigenvalue weighted by Gasteiger charge is -2.35. The van der Waals surface area contributed by atoms with E-state index in [4.69, 9.17) is 9.15 Å². The zero-order valence-electron chi connectivity index (χ0n) is 17.4. The van der Waals surface area contributed by atoms with Gasteiger partial charge in [-0.15, -0.1) is 0 Å². The number of carbonyl (C=O) groups excluding carboxylic acids is 2. The lowest BCUT2D eigenvalue weighted by Crippen LogP contribution is -2.34. The number of carbonyl (C=O) groups is 2. The van der Waals surface area contributed by atoms with Crippen LogP contribution in [-0.2, 0) is 20.9 Å². The van der Waals surface area contributed by atoms with Crippen LogP contribution in [0.25, 0.3) is 21.7 Å². The quantitative estimate of drug-likeness (QED) is 0.486. The molecule has 4 nitrogen and oxygen atoms in total. The maximum Gasteiger partial charge on any atom is 0.143 e. The molecule has 1 aromatic heterocycles. The Morgan fingerprint density at radius 1 is 1.21 bits per heavy atom. The minimum atomic E-state index is -0.294. The van der Waals surface area contributed by atoms with Crippen LogP contribution in [-0.4, -0.2) is 18.7 Å². The fraction of sp³-hybridized carbons (Fsp3) is 0.440. The van der Waals surface area contributed by atoms with Crippen LogP contribution in [0, 0.1) is 11.8 Å².